The van der Waals surface area contributed by atoms with Crippen LogP contribution in [0, 0.1) is 0 Å². The van der Waals surface area contributed by atoms with Crippen molar-refractivity contribution in [1.82, 2.24) is 0 Å². The topological polar surface area (TPSA) is 78.6 Å². The average molecular weight is 271 g/mol. The van der Waals surface area contributed by atoms with Gasteiger partial charge in [0.15, 0.2) is 0 Å². The molecule has 2 rings (SSSR count). The molecule has 0 spiro atoms. The Labute approximate surface area is 117 Å². The summed E-state index contributed by atoms with van der Waals surface area (Å²) in [6.07, 6.45) is 0. The third-order valence-corrected chi connectivity index (χ3v) is 2.92. The van der Waals surface area contributed by atoms with Gasteiger partial charge in [0, 0.05) is 31.2 Å². The molecule has 0 unspecified atom stereocenters. The van der Waals surface area contributed by atoms with Crippen LogP contribution in [0.5, 0.6) is 0 Å². The summed E-state index contributed by atoms with van der Waals surface area (Å²) in [6, 6.07) is 12.4. The fraction of sp³-hybridized carbons (Fsp3) is 0.133. The number of carboxylic acids is 1. The Bertz CT molecular complexity index is 639. The molecule has 0 fully saturated rings. The van der Waals surface area contributed by atoms with E-state index in [1.807, 2.05) is 43.3 Å². The number of nitrogen functional groups attached to an aromatic ring is 1. The molecule has 0 bridgehead atoms. The van der Waals surface area contributed by atoms with Gasteiger partial charge in [0.25, 0.3) is 0 Å². The molecule has 0 amide bonds. The summed E-state index contributed by atoms with van der Waals surface area (Å²) in [7, 11) is 3.89. The highest BCUT2D eigenvalue weighted by Gasteiger charge is 2.10. The van der Waals surface area contributed by atoms with Crippen LogP contribution in [-0.4, -0.2) is 25.2 Å². The molecule has 0 heterocycles. The fourth-order valence-electron chi connectivity index (χ4n) is 1.87. The first-order valence-electron chi connectivity index (χ1n) is 6.14. The van der Waals surface area contributed by atoms with Gasteiger partial charge in [-0.2, -0.15) is 0 Å². The molecule has 0 saturated carbocycles. The van der Waals surface area contributed by atoms with Crippen LogP contribution in [-0.2, 0) is 0 Å². The van der Waals surface area contributed by atoms with Crippen LogP contribution in [0.25, 0.3) is 0 Å². The standard InChI is InChI=1S/C15H17N3O2/c1-18(2)12-5-3-4-11(9-12)17-14-8-10(16)6-7-13(14)15(19)20/h3-9,17H,16H2,1-2H3,(H,19,20). The lowest BCUT2D eigenvalue weighted by Gasteiger charge is -2.15. The van der Waals surface area contributed by atoms with Crippen molar-refractivity contribution in [3.05, 3.63) is 48.0 Å². The molecule has 0 atom stereocenters. The zero-order chi connectivity index (χ0) is 14.7. The monoisotopic (exact) mass is 271 g/mol. The van der Waals surface area contributed by atoms with E-state index in [9.17, 15) is 9.90 Å². The van der Waals surface area contributed by atoms with Crippen molar-refractivity contribution in [3.8, 4) is 0 Å². The predicted molar refractivity (Wildman–Crippen MR) is 81.9 cm³/mol. The van der Waals surface area contributed by atoms with E-state index in [1.165, 1.54) is 6.07 Å². The third kappa shape index (κ3) is 3.00. The maximum atomic E-state index is 11.2. The first-order valence-corrected chi connectivity index (χ1v) is 6.14. The summed E-state index contributed by atoms with van der Waals surface area (Å²) in [4.78, 5) is 13.2. The zero-order valence-electron chi connectivity index (χ0n) is 11.4. The van der Waals surface area contributed by atoms with E-state index < -0.39 is 5.97 Å². The number of rotatable bonds is 4. The van der Waals surface area contributed by atoms with Crippen molar-refractivity contribution in [2.45, 2.75) is 0 Å². The highest BCUT2D eigenvalue weighted by Crippen LogP contribution is 2.25. The summed E-state index contributed by atoms with van der Waals surface area (Å²) in [5, 5.41) is 12.3. The summed E-state index contributed by atoms with van der Waals surface area (Å²) >= 11 is 0. The number of anilines is 4. The molecule has 104 valence electrons. The normalized spacial score (nSPS) is 10.1. The lowest BCUT2D eigenvalue weighted by atomic mass is 10.1. The summed E-state index contributed by atoms with van der Waals surface area (Å²) in [5.41, 5.74) is 8.74. The van der Waals surface area contributed by atoms with E-state index in [2.05, 4.69) is 5.32 Å². The zero-order valence-corrected chi connectivity index (χ0v) is 11.4. The maximum absolute atomic E-state index is 11.2. The van der Waals surface area contributed by atoms with Gasteiger partial charge >= 0.3 is 5.97 Å². The Morgan fingerprint density at radius 1 is 1.20 bits per heavy atom. The van der Waals surface area contributed by atoms with Gasteiger partial charge in [0.1, 0.15) is 0 Å². The maximum Gasteiger partial charge on any atom is 0.337 e. The number of aromatic carboxylic acids is 1. The Morgan fingerprint density at radius 2 is 1.95 bits per heavy atom. The van der Waals surface area contributed by atoms with E-state index in [-0.39, 0.29) is 5.56 Å². The minimum Gasteiger partial charge on any atom is -0.478 e. The smallest absolute Gasteiger partial charge is 0.337 e. The van der Waals surface area contributed by atoms with Crippen LogP contribution in [0.2, 0.25) is 0 Å². The van der Waals surface area contributed by atoms with Crippen molar-refractivity contribution < 1.29 is 9.90 Å². The van der Waals surface area contributed by atoms with Crippen LogP contribution in [0.4, 0.5) is 22.7 Å². The first kappa shape index (κ1) is 13.7. The highest BCUT2D eigenvalue weighted by molar-refractivity contribution is 5.96. The quantitative estimate of drug-likeness (QED) is 0.745. The molecule has 0 aliphatic rings. The molecule has 0 saturated heterocycles. The SMILES string of the molecule is CN(C)c1cccc(Nc2cc(N)ccc2C(=O)O)c1. The molecule has 5 heteroatoms. The Balaban J connectivity index is 2.36. The van der Waals surface area contributed by atoms with Crippen LogP contribution in [0.15, 0.2) is 42.5 Å². The van der Waals surface area contributed by atoms with Crippen LogP contribution < -0.4 is 16.0 Å². The highest BCUT2D eigenvalue weighted by atomic mass is 16.4. The second-order valence-electron chi connectivity index (χ2n) is 4.68. The van der Waals surface area contributed by atoms with Gasteiger partial charge in [-0.1, -0.05) is 6.07 Å². The van der Waals surface area contributed by atoms with E-state index in [0.717, 1.165) is 11.4 Å². The molecule has 2 aromatic carbocycles. The van der Waals surface area contributed by atoms with Crippen LogP contribution in [0.1, 0.15) is 10.4 Å². The molecule has 0 radical (unpaired) electrons. The molecular formula is C15H17N3O2. The van der Waals surface area contributed by atoms with Gasteiger partial charge in [-0.3, -0.25) is 0 Å². The number of carbonyl (C=O) groups is 1. The number of hydrogen-bond donors (Lipinski definition) is 3. The van der Waals surface area contributed by atoms with E-state index >= 15 is 0 Å². The van der Waals surface area contributed by atoms with Gasteiger partial charge in [-0.25, -0.2) is 4.79 Å². The second kappa shape index (κ2) is 5.52. The Hall–Kier alpha value is -2.69. The molecule has 0 aliphatic carbocycles. The van der Waals surface area contributed by atoms with Crippen molar-refractivity contribution in [3.63, 3.8) is 0 Å². The van der Waals surface area contributed by atoms with Crippen molar-refractivity contribution in [2.75, 3.05) is 30.0 Å². The summed E-state index contributed by atoms with van der Waals surface area (Å²) < 4.78 is 0. The third-order valence-electron chi connectivity index (χ3n) is 2.92. The number of nitrogens with one attached hydrogen (secondary N) is 1. The first-order chi connectivity index (χ1) is 9.47. The minimum absolute atomic E-state index is 0.189. The van der Waals surface area contributed by atoms with Gasteiger partial charge in [0.2, 0.25) is 0 Å². The largest absolute Gasteiger partial charge is 0.478 e. The molecule has 0 aromatic heterocycles. The van der Waals surface area contributed by atoms with Crippen molar-refractivity contribution in [1.29, 1.82) is 0 Å². The average Bonchev–Trinajstić information content (AvgIpc) is 2.38. The van der Waals surface area contributed by atoms with E-state index in [4.69, 9.17) is 5.73 Å². The number of benzene rings is 2. The molecular weight excluding hydrogens is 254 g/mol. The fourth-order valence-corrected chi connectivity index (χ4v) is 1.87. The second-order valence-corrected chi connectivity index (χ2v) is 4.68. The number of carboxylic acid groups (broad SMARTS) is 1. The summed E-state index contributed by atoms with van der Waals surface area (Å²) in [5.74, 6) is -0.990. The minimum atomic E-state index is -0.990. The van der Waals surface area contributed by atoms with Gasteiger partial charge in [-0.15, -0.1) is 0 Å². The van der Waals surface area contributed by atoms with Crippen LogP contribution >= 0.6 is 0 Å². The molecule has 20 heavy (non-hydrogen) atoms. The van der Waals surface area contributed by atoms with Gasteiger partial charge < -0.3 is 21.1 Å². The predicted octanol–water partition coefficient (Wildman–Crippen LogP) is 2.78. The van der Waals surface area contributed by atoms with Crippen molar-refractivity contribution in [2.24, 2.45) is 0 Å². The molecule has 5 nitrogen and oxygen atoms in total. The molecule has 0 aliphatic heterocycles. The van der Waals surface area contributed by atoms with Crippen molar-refractivity contribution >= 4 is 28.7 Å². The number of hydrogen-bond acceptors (Lipinski definition) is 4. The summed E-state index contributed by atoms with van der Waals surface area (Å²) in [6.45, 7) is 0. The molecule has 4 N–H and O–H groups in total. The number of nitrogens with two attached hydrogens (primary N) is 1. The van der Waals surface area contributed by atoms with Gasteiger partial charge in [-0.05, 0) is 36.4 Å². The lowest BCUT2D eigenvalue weighted by molar-refractivity contribution is 0.0698. The number of nitrogens with zero attached hydrogens (tertiary/aromatic N) is 1. The molecule has 2 aromatic rings. The van der Waals surface area contributed by atoms with E-state index in [0.29, 0.717) is 11.4 Å². The van der Waals surface area contributed by atoms with E-state index in [1.54, 1.807) is 12.1 Å². The Morgan fingerprint density at radius 3 is 2.60 bits per heavy atom. The Kier molecular flexibility index (Phi) is 3.79. The van der Waals surface area contributed by atoms with Gasteiger partial charge in [0.05, 0.1) is 11.3 Å². The lowest BCUT2D eigenvalue weighted by Crippen LogP contribution is -2.09. The van der Waals surface area contributed by atoms with Crippen LogP contribution in [0.3, 0.4) is 0 Å².